The lowest BCUT2D eigenvalue weighted by Crippen LogP contribution is -2.10. The lowest BCUT2D eigenvalue weighted by Gasteiger charge is -2.20. The molecule has 0 spiro atoms. The highest BCUT2D eigenvalue weighted by atomic mass is 15.3. The van der Waals surface area contributed by atoms with Gasteiger partial charge in [-0.3, -0.25) is 4.57 Å². The van der Waals surface area contributed by atoms with Crippen LogP contribution in [0, 0.1) is 0 Å². The third kappa shape index (κ3) is 5.45. The topological polar surface area (TPSA) is 30.7 Å². The van der Waals surface area contributed by atoms with Crippen LogP contribution in [-0.2, 0) is 11.8 Å². The predicted molar refractivity (Wildman–Crippen MR) is 164 cm³/mol. The summed E-state index contributed by atoms with van der Waals surface area (Å²) in [5, 5.41) is 9.52. The van der Waals surface area contributed by atoms with Crippen molar-refractivity contribution >= 4 is 0 Å². The molecule has 1 atom stereocenters. The van der Waals surface area contributed by atoms with Crippen LogP contribution in [0.25, 0.3) is 39.3 Å². The van der Waals surface area contributed by atoms with Gasteiger partial charge in [0.1, 0.15) is 5.82 Å². The van der Waals surface area contributed by atoms with Crippen LogP contribution in [0.15, 0.2) is 97.1 Å². The van der Waals surface area contributed by atoms with E-state index in [0.29, 0.717) is 0 Å². The fourth-order valence-corrected chi connectivity index (χ4v) is 5.07. The number of aryl methyl sites for hydroxylation is 1. The molecule has 0 aliphatic heterocycles. The van der Waals surface area contributed by atoms with E-state index in [1.54, 1.807) is 0 Å². The van der Waals surface area contributed by atoms with Gasteiger partial charge in [-0.1, -0.05) is 120 Å². The minimum atomic E-state index is 0.129. The van der Waals surface area contributed by atoms with Gasteiger partial charge in [0.05, 0.1) is 5.69 Å². The highest BCUT2D eigenvalue weighted by Gasteiger charge is 2.22. The minimum Gasteiger partial charge on any atom is -0.278 e. The van der Waals surface area contributed by atoms with Crippen LogP contribution in [0.4, 0.5) is 0 Å². The van der Waals surface area contributed by atoms with Gasteiger partial charge in [0, 0.05) is 17.0 Å². The van der Waals surface area contributed by atoms with Crippen LogP contribution in [-0.4, -0.2) is 14.8 Å². The summed E-state index contributed by atoms with van der Waals surface area (Å²) >= 11 is 0. The molecule has 5 rings (SSSR count). The first-order valence-corrected chi connectivity index (χ1v) is 14.2. The maximum absolute atomic E-state index is 4.77. The van der Waals surface area contributed by atoms with Gasteiger partial charge in [-0.05, 0) is 64.3 Å². The quantitative estimate of drug-likeness (QED) is 0.217. The molecule has 0 aliphatic rings. The van der Waals surface area contributed by atoms with Crippen LogP contribution >= 0.6 is 0 Å². The fourth-order valence-electron chi connectivity index (χ4n) is 5.07. The summed E-state index contributed by atoms with van der Waals surface area (Å²) in [5.74, 6) is 2.16. The molecule has 1 unspecified atom stereocenters. The number of rotatable bonds is 7. The molecule has 4 aromatic carbocycles. The van der Waals surface area contributed by atoms with E-state index in [9.17, 15) is 0 Å². The molecule has 0 amide bonds. The zero-order valence-corrected chi connectivity index (χ0v) is 24.1. The molecule has 3 heteroatoms. The smallest absolute Gasteiger partial charge is 0.168 e. The van der Waals surface area contributed by atoms with E-state index < -0.39 is 0 Å². The molecule has 1 aromatic heterocycles. The highest BCUT2D eigenvalue weighted by Crippen LogP contribution is 2.37. The third-order valence-electron chi connectivity index (χ3n) is 7.74. The molecule has 198 valence electrons. The molecule has 1 heterocycles. The van der Waals surface area contributed by atoms with Gasteiger partial charge in [-0.15, -0.1) is 10.2 Å². The second kappa shape index (κ2) is 11.0. The third-order valence-corrected chi connectivity index (χ3v) is 7.74. The summed E-state index contributed by atoms with van der Waals surface area (Å²) in [6.45, 7) is 13.4. The Kier molecular flexibility index (Phi) is 7.52. The van der Waals surface area contributed by atoms with E-state index in [-0.39, 0.29) is 11.3 Å². The Morgan fingerprint density at radius 2 is 1.38 bits per heavy atom. The van der Waals surface area contributed by atoms with E-state index in [1.807, 2.05) is 0 Å². The van der Waals surface area contributed by atoms with Crippen molar-refractivity contribution in [3.8, 4) is 39.3 Å². The Balaban J connectivity index is 1.73. The zero-order valence-electron chi connectivity index (χ0n) is 24.1. The van der Waals surface area contributed by atoms with E-state index in [0.717, 1.165) is 35.7 Å². The van der Waals surface area contributed by atoms with Crippen molar-refractivity contribution in [3.05, 3.63) is 114 Å². The Labute approximate surface area is 233 Å². The Morgan fingerprint density at radius 1 is 0.692 bits per heavy atom. The molecular formula is C36H39N3. The number of nitrogens with zero attached hydrogens (tertiary/aromatic N) is 3. The molecule has 5 aromatic rings. The Bertz CT molecular complexity index is 1550. The van der Waals surface area contributed by atoms with E-state index in [2.05, 4.69) is 143 Å². The van der Waals surface area contributed by atoms with Crippen molar-refractivity contribution in [2.75, 3.05) is 0 Å². The number of aromatic nitrogens is 3. The minimum absolute atomic E-state index is 0.129. The van der Waals surface area contributed by atoms with Crippen LogP contribution < -0.4 is 0 Å². The highest BCUT2D eigenvalue weighted by molar-refractivity contribution is 5.81. The maximum atomic E-state index is 4.77. The van der Waals surface area contributed by atoms with Crippen LogP contribution in [0.2, 0.25) is 0 Å². The monoisotopic (exact) mass is 513 g/mol. The molecular weight excluding hydrogens is 474 g/mol. The van der Waals surface area contributed by atoms with Crippen molar-refractivity contribution in [3.63, 3.8) is 0 Å². The van der Waals surface area contributed by atoms with E-state index in [4.69, 9.17) is 10.2 Å². The molecule has 39 heavy (non-hydrogen) atoms. The Morgan fingerprint density at radius 3 is 2.05 bits per heavy atom. The molecule has 0 fully saturated rings. The second-order valence-electron chi connectivity index (χ2n) is 11.5. The van der Waals surface area contributed by atoms with Crippen molar-refractivity contribution < 1.29 is 0 Å². The second-order valence-corrected chi connectivity index (χ2v) is 11.5. The van der Waals surface area contributed by atoms with Gasteiger partial charge in [0.15, 0.2) is 5.82 Å². The van der Waals surface area contributed by atoms with Crippen molar-refractivity contribution in [1.82, 2.24) is 14.8 Å². The summed E-state index contributed by atoms with van der Waals surface area (Å²) in [4.78, 5) is 0. The Hall–Kier alpha value is -3.98. The average Bonchev–Trinajstić information content (AvgIpc) is 3.41. The molecule has 0 N–H and O–H groups in total. The van der Waals surface area contributed by atoms with Crippen molar-refractivity contribution in [1.29, 1.82) is 0 Å². The zero-order chi connectivity index (χ0) is 27.6. The van der Waals surface area contributed by atoms with Gasteiger partial charge in [0.2, 0.25) is 0 Å². The standard InChI is InChI=1S/C36H39N3/c1-7-25(3)34-37-38-35(30-16-12-13-26(8-2)23-30)39(34)33-22-19-29(24-32(33)28-14-10-9-11-15-28)27-17-20-31(21-18-27)36(4,5)6/h9-25H,7-8H2,1-6H3. The molecule has 0 radical (unpaired) electrons. The van der Waals surface area contributed by atoms with E-state index in [1.165, 1.54) is 33.4 Å². The first kappa shape index (κ1) is 26.6. The normalized spacial score (nSPS) is 12.5. The number of hydrogen-bond acceptors (Lipinski definition) is 2. The number of hydrogen-bond donors (Lipinski definition) is 0. The molecule has 3 nitrogen and oxygen atoms in total. The molecule has 0 saturated carbocycles. The largest absolute Gasteiger partial charge is 0.278 e. The maximum Gasteiger partial charge on any atom is 0.168 e. The van der Waals surface area contributed by atoms with Gasteiger partial charge in [-0.25, -0.2) is 0 Å². The van der Waals surface area contributed by atoms with Crippen molar-refractivity contribution in [2.45, 2.75) is 65.7 Å². The van der Waals surface area contributed by atoms with Gasteiger partial charge >= 0.3 is 0 Å². The lowest BCUT2D eigenvalue weighted by molar-refractivity contribution is 0.590. The summed E-state index contributed by atoms with van der Waals surface area (Å²) in [5.41, 5.74) is 9.73. The average molecular weight is 514 g/mol. The molecule has 0 saturated heterocycles. The van der Waals surface area contributed by atoms with Gasteiger partial charge < -0.3 is 0 Å². The lowest BCUT2D eigenvalue weighted by atomic mass is 9.86. The fraction of sp³-hybridized carbons (Fsp3) is 0.278. The van der Waals surface area contributed by atoms with E-state index >= 15 is 0 Å². The molecule has 0 aliphatic carbocycles. The first-order valence-electron chi connectivity index (χ1n) is 14.2. The van der Waals surface area contributed by atoms with Crippen LogP contribution in [0.5, 0.6) is 0 Å². The van der Waals surface area contributed by atoms with Crippen molar-refractivity contribution in [2.24, 2.45) is 0 Å². The van der Waals surface area contributed by atoms with Crippen LogP contribution in [0.3, 0.4) is 0 Å². The molecule has 0 bridgehead atoms. The number of benzene rings is 4. The summed E-state index contributed by atoms with van der Waals surface area (Å²) in [6.07, 6.45) is 1.98. The van der Waals surface area contributed by atoms with Crippen LogP contribution in [0.1, 0.15) is 70.8 Å². The SMILES string of the molecule is CCc1cccc(-c2nnc(C(C)CC)n2-c2ccc(-c3ccc(C(C)(C)C)cc3)cc2-c2ccccc2)c1. The predicted octanol–water partition coefficient (Wildman–Crippen LogP) is 9.64. The summed E-state index contributed by atoms with van der Waals surface area (Å²) < 4.78 is 2.29. The summed E-state index contributed by atoms with van der Waals surface area (Å²) in [6, 6.07) is 35.2. The summed E-state index contributed by atoms with van der Waals surface area (Å²) in [7, 11) is 0. The van der Waals surface area contributed by atoms with Gasteiger partial charge in [-0.2, -0.15) is 0 Å². The van der Waals surface area contributed by atoms with Gasteiger partial charge in [0.25, 0.3) is 0 Å². The first-order chi connectivity index (χ1) is 18.8.